The Kier molecular flexibility index (Phi) is 5.86. The summed E-state index contributed by atoms with van der Waals surface area (Å²) in [6.07, 6.45) is 4.46. The number of amides is 2. The van der Waals surface area contributed by atoms with E-state index < -0.39 is 17.3 Å². The number of anilines is 1. The van der Waals surface area contributed by atoms with Gasteiger partial charge in [0.05, 0.1) is 23.8 Å². The molecule has 0 radical (unpaired) electrons. The van der Waals surface area contributed by atoms with Gasteiger partial charge in [-0.25, -0.2) is 4.39 Å². The molecular weight excluding hydrogens is 383 g/mol. The third kappa shape index (κ3) is 3.49. The molecule has 1 atom stereocenters. The Hall–Kier alpha value is -2.73. The van der Waals surface area contributed by atoms with Gasteiger partial charge in [0.1, 0.15) is 5.82 Å². The zero-order valence-corrected chi connectivity index (χ0v) is 17.2. The SMILES string of the molecule is COCCN1C(=O)c2ccccc2C(C(=O)Nc2ccccc2F)C12CCCCC2. The number of hydrogen-bond acceptors (Lipinski definition) is 3. The first-order valence-corrected chi connectivity index (χ1v) is 10.5. The summed E-state index contributed by atoms with van der Waals surface area (Å²) in [6, 6.07) is 13.5. The van der Waals surface area contributed by atoms with Crippen LogP contribution < -0.4 is 5.32 Å². The number of rotatable bonds is 5. The number of hydrogen-bond donors (Lipinski definition) is 1. The Morgan fingerprint density at radius 2 is 1.83 bits per heavy atom. The largest absolute Gasteiger partial charge is 0.383 e. The summed E-state index contributed by atoms with van der Waals surface area (Å²) in [5.74, 6) is -1.37. The molecular formula is C24H27FN2O3. The average Bonchev–Trinajstić information content (AvgIpc) is 2.76. The molecule has 2 aromatic carbocycles. The molecule has 1 spiro atoms. The first-order valence-electron chi connectivity index (χ1n) is 10.5. The van der Waals surface area contributed by atoms with Gasteiger partial charge in [0, 0.05) is 19.2 Å². The van der Waals surface area contributed by atoms with E-state index in [1.54, 1.807) is 31.4 Å². The monoisotopic (exact) mass is 410 g/mol. The van der Waals surface area contributed by atoms with Crippen LogP contribution in [-0.2, 0) is 9.53 Å². The van der Waals surface area contributed by atoms with Gasteiger partial charge in [-0.15, -0.1) is 0 Å². The van der Waals surface area contributed by atoms with Crippen LogP contribution in [0.3, 0.4) is 0 Å². The van der Waals surface area contributed by atoms with Gasteiger partial charge >= 0.3 is 0 Å². The van der Waals surface area contributed by atoms with Crippen molar-refractivity contribution in [2.24, 2.45) is 0 Å². The van der Waals surface area contributed by atoms with Crippen molar-refractivity contribution in [3.05, 3.63) is 65.5 Å². The number of methoxy groups -OCH3 is 1. The highest BCUT2D eigenvalue weighted by Gasteiger charge is 2.54. The van der Waals surface area contributed by atoms with E-state index in [0.717, 1.165) is 37.7 Å². The van der Waals surface area contributed by atoms with Crippen LogP contribution in [0.15, 0.2) is 48.5 Å². The van der Waals surface area contributed by atoms with Crippen molar-refractivity contribution < 1.29 is 18.7 Å². The maximum absolute atomic E-state index is 14.3. The summed E-state index contributed by atoms with van der Waals surface area (Å²) < 4.78 is 19.5. The van der Waals surface area contributed by atoms with Crippen LogP contribution in [-0.4, -0.2) is 42.5 Å². The predicted molar refractivity (Wildman–Crippen MR) is 113 cm³/mol. The molecule has 1 saturated carbocycles. The molecule has 2 aliphatic rings. The lowest BCUT2D eigenvalue weighted by Gasteiger charge is -2.53. The van der Waals surface area contributed by atoms with Crippen LogP contribution in [0.5, 0.6) is 0 Å². The van der Waals surface area contributed by atoms with E-state index in [-0.39, 0.29) is 17.5 Å². The number of benzene rings is 2. The van der Waals surface area contributed by atoms with Crippen LogP contribution in [0, 0.1) is 5.82 Å². The molecule has 2 amide bonds. The van der Waals surface area contributed by atoms with Gasteiger partial charge in [0.15, 0.2) is 0 Å². The molecule has 1 aliphatic carbocycles. The van der Waals surface area contributed by atoms with Crippen molar-refractivity contribution >= 4 is 17.5 Å². The highest BCUT2D eigenvalue weighted by Crippen LogP contribution is 2.49. The van der Waals surface area contributed by atoms with Crippen molar-refractivity contribution in [1.29, 1.82) is 0 Å². The Balaban J connectivity index is 1.81. The van der Waals surface area contributed by atoms with Gasteiger partial charge in [-0.3, -0.25) is 9.59 Å². The Labute approximate surface area is 176 Å². The van der Waals surface area contributed by atoms with Crippen molar-refractivity contribution in [3.63, 3.8) is 0 Å². The number of para-hydroxylation sites is 1. The first-order chi connectivity index (χ1) is 14.6. The van der Waals surface area contributed by atoms with Crippen molar-refractivity contribution in [2.45, 2.75) is 43.6 Å². The Bertz CT molecular complexity index is 940. The number of fused-ring (bicyclic) bond motifs is 1. The normalized spacial score (nSPS) is 20.1. The van der Waals surface area contributed by atoms with Crippen LogP contribution >= 0.6 is 0 Å². The molecule has 2 aromatic rings. The summed E-state index contributed by atoms with van der Waals surface area (Å²) in [6.45, 7) is 0.824. The van der Waals surface area contributed by atoms with Crippen molar-refractivity contribution in [2.75, 3.05) is 25.6 Å². The molecule has 1 aliphatic heterocycles. The lowest BCUT2D eigenvalue weighted by molar-refractivity contribution is -0.122. The zero-order valence-electron chi connectivity index (χ0n) is 17.2. The Morgan fingerprint density at radius 3 is 2.57 bits per heavy atom. The molecule has 0 bridgehead atoms. The summed E-state index contributed by atoms with van der Waals surface area (Å²) in [4.78, 5) is 28.9. The highest BCUT2D eigenvalue weighted by molar-refractivity contribution is 6.05. The van der Waals surface area contributed by atoms with Crippen LogP contribution in [0.4, 0.5) is 10.1 Å². The van der Waals surface area contributed by atoms with Crippen LogP contribution in [0.25, 0.3) is 0 Å². The molecule has 6 heteroatoms. The third-order valence-corrected chi connectivity index (χ3v) is 6.45. The van der Waals surface area contributed by atoms with E-state index in [4.69, 9.17) is 4.74 Å². The van der Waals surface area contributed by atoms with E-state index in [1.807, 2.05) is 23.1 Å². The fourth-order valence-corrected chi connectivity index (χ4v) is 5.12. The van der Waals surface area contributed by atoms with Crippen LogP contribution in [0.1, 0.15) is 53.9 Å². The number of carbonyl (C=O) groups is 2. The van der Waals surface area contributed by atoms with E-state index in [1.165, 1.54) is 6.07 Å². The lowest BCUT2D eigenvalue weighted by Crippen LogP contribution is -2.62. The van der Waals surface area contributed by atoms with Crippen molar-refractivity contribution in [1.82, 2.24) is 4.90 Å². The third-order valence-electron chi connectivity index (χ3n) is 6.45. The van der Waals surface area contributed by atoms with Gasteiger partial charge in [-0.05, 0) is 36.6 Å². The van der Waals surface area contributed by atoms with E-state index in [9.17, 15) is 14.0 Å². The summed E-state index contributed by atoms with van der Waals surface area (Å²) >= 11 is 0. The molecule has 1 heterocycles. The maximum atomic E-state index is 14.3. The molecule has 0 aromatic heterocycles. The quantitative estimate of drug-likeness (QED) is 0.797. The highest BCUT2D eigenvalue weighted by atomic mass is 19.1. The topological polar surface area (TPSA) is 58.6 Å². The minimum Gasteiger partial charge on any atom is -0.383 e. The van der Waals surface area contributed by atoms with Crippen molar-refractivity contribution in [3.8, 4) is 0 Å². The second-order valence-electron chi connectivity index (χ2n) is 8.10. The lowest BCUT2D eigenvalue weighted by atomic mass is 9.65. The number of carbonyl (C=O) groups excluding carboxylic acids is 2. The van der Waals surface area contributed by atoms with Gasteiger partial charge in [0.2, 0.25) is 5.91 Å². The first kappa shape index (κ1) is 20.5. The molecule has 1 N–H and O–H groups in total. The fraction of sp³-hybridized carbons (Fsp3) is 0.417. The van der Waals surface area contributed by atoms with E-state index in [2.05, 4.69) is 5.32 Å². The summed E-state index contributed by atoms with van der Waals surface area (Å²) in [5.41, 5.74) is 0.800. The van der Waals surface area contributed by atoms with Gasteiger partial charge in [-0.2, -0.15) is 0 Å². The number of nitrogens with one attached hydrogen (secondary N) is 1. The number of ether oxygens (including phenoxy) is 1. The number of nitrogens with zero attached hydrogens (tertiary/aromatic N) is 1. The summed E-state index contributed by atoms with van der Waals surface area (Å²) in [7, 11) is 1.61. The molecule has 1 fully saturated rings. The molecule has 5 nitrogen and oxygen atoms in total. The molecule has 0 saturated heterocycles. The zero-order chi connectivity index (χ0) is 21.1. The fourth-order valence-electron chi connectivity index (χ4n) is 5.12. The molecule has 158 valence electrons. The second kappa shape index (κ2) is 8.56. The predicted octanol–water partition coefficient (Wildman–Crippen LogP) is 4.35. The van der Waals surface area contributed by atoms with Gasteiger partial charge < -0.3 is 15.0 Å². The average molecular weight is 410 g/mol. The number of halogens is 1. The molecule has 30 heavy (non-hydrogen) atoms. The van der Waals surface area contributed by atoms with Gasteiger partial charge in [0.25, 0.3) is 5.91 Å². The van der Waals surface area contributed by atoms with Gasteiger partial charge in [-0.1, -0.05) is 49.6 Å². The molecule has 1 unspecified atom stereocenters. The van der Waals surface area contributed by atoms with E-state index in [0.29, 0.717) is 18.7 Å². The minimum absolute atomic E-state index is 0.0560. The summed E-state index contributed by atoms with van der Waals surface area (Å²) in [5, 5.41) is 2.80. The molecule has 4 rings (SSSR count). The van der Waals surface area contributed by atoms with E-state index >= 15 is 0 Å². The Morgan fingerprint density at radius 1 is 1.13 bits per heavy atom. The minimum atomic E-state index is -0.627. The standard InChI is InChI=1S/C24H27FN2O3/c1-30-16-15-27-23(29)18-10-4-3-9-17(18)21(24(27)13-7-2-8-14-24)22(28)26-20-12-6-5-11-19(20)25/h3-6,9-12,21H,2,7-8,13-16H2,1H3,(H,26,28). The van der Waals surface area contributed by atoms with Crippen LogP contribution in [0.2, 0.25) is 0 Å². The smallest absolute Gasteiger partial charge is 0.254 e. The second-order valence-corrected chi connectivity index (χ2v) is 8.10. The maximum Gasteiger partial charge on any atom is 0.254 e.